The molecule has 0 aromatic heterocycles. The average molecular weight is 591 g/mol. The highest BCUT2D eigenvalue weighted by molar-refractivity contribution is 6.37. The number of hydrogen-bond acceptors (Lipinski definition) is 6. The van der Waals surface area contributed by atoms with Crippen molar-refractivity contribution in [2.24, 2.45) is 40.2 Å². The van der Waals surface area contributed by atoms with Gasteiger partial charge in [-0.05, 0) is 40.9 Å². The normalized spacial score (nSPS) is 24.9. The predicted molar refractivity (Wildman–Crippen MR) is 157 cm³/mol. The summed E-state index contributed by atoms with van der Waals surface area (Å²) in [5.74, 6) is -3.13. The maximum atomic E-state index is 14.1. The standard InChI is InChI=1S/C30H50N6O6/c1-15(2)20(26(40)35(8)9)33-28(42)34-23(29(3,4)5)27(41)36-14-17-19(30(17,6)7)21(36)25(39)32-18(22(37)24(31)38)13-16-11-10-12-16/h15-21,23H,10-14H2,1-9H3,(H2,31,38)(H,32,39)(H2,33,34,42)/t17-,18-,19-,20-,21-,23+/m0/s1. The van der Waals surface area contributed by atoms with Gasteiger partial charge in [0.15, 0.2) is 0 Å². The molecule has 236 valence electrons. The van der Waals surface area contributed by atoms with E-state index in [1.54, 1.807) is 14.1 Å². The van der Waals surface area contributed by atoms with Gasteiger partial charge in [-0.2, -0.15) is 0 Å². The Morgan fingerprint density at radius 2 is 1.60 bits per heavy atom. The van der Waals surface area contributed by atoms with Crippen molar-refractivity contribution in [3.8, 4) is 0 Å². The SMILES string of the molecule is CC(C)[C@H](NC(=O)N[C@H](C(=O)N1C[C@H]2[C@@H]([C@H]1C(=O)N[C@@H](CC1CCC1)C(=O)C(N)=O)C2(C)C)C(C)(C)C)C(=O)N(C)C. The number of primary amides is 1. The molecule has 0 spiro atoms. The molecule has 5 N–H and O–H groups in total. The number of ketones is 1. The molecule has 1 saturated heterocycles. The molecule has 6 atom stereocenters. The molecule has 3 aliphatic rings. The Kier molecular flexibility index (Phi) is 9.68. The van der Waals surface area contributed by atoms with Gasteiger partial charge in [0.25, 0.3) is 5.91 Å². The Morgan fingerprint density at radius 1 is 1.00 bits per heavy atom. The monoisotopic (exact) mass is 590 g/mol. The van der Waals surface area contributed by atoms with E-state index in [2.05, 4.69) is 16.0 Å². The molecule has 3 rings (SSSR count). The van der Waals surface area contributed by atoms with Crippen molar-refractivity contribution in [2.75, 3.05) is 20.6 Å². The summed E-state index contributed by atoms with van der Waals surface area (Å²) in [4.78, 5) is 81.1. The van der Waals surface area contributed by atoms with Crippen LogP contribution in [-0.4, -0.2) is 90.1 Å². The van der Waals surface area contributed by atoms with E-state index < -0.39 is 59.1 Å². The number of carbonyl (C=O) groups excluding carboxylic acids is 6. The third-order valence-electron chi connectivity index (χ3n) is 9.48. The van der Waals surface area contributed by atoms with Crippen molar-refractivity contribution in [1.29, 1.82) is 0 Å². The lowest BCUT2D eigenvalue weighted by Gasteiger charge is -2.38. The molecule has 0 unspecified atom stereocenters. The Balaban J connectivity index is 1.83. The minimum Gasteiger partial charge on any atom is -0.363 e. The number of nitrogens with zero attached hydrogens (tertiary/aromatic N) is 2. The lowest BCUT2D eigenvalue weighted by molar-refractivity contribution is -0.145. The second-order valence-electron chi connectivity index (χ2n) is 14.6. The fraction of sp³-hybridized carbons (Fsp3) is 0.800. The number of rotatable bonds is 11. The number of carbonyl (C=O) groups is 6. The van der Waals surface area contributed by atoms with Crippen LogP contribution >= 0.6 is 0 Å². The number of amides is 6. The smallest absolute Gasteiger partial charge is 0.316 e. The number of nitrogens with one attached hydrogen (secondary N) is 3. The summed E-state index contributed by atoms with van der Waals surface area (Å²) in [6, 6.07) is -4.35. The zero-order valence-corrected chi connectivity index (χ0v) is 26.6. The molecule has 0 aromatic rings. The first kappa shape index (κ1) is 33.3. The Labute approximate surface area is 249 Å². The number of hydrogen-bond donors (Lipinski definition) is 4. The minimum absolute atomic E-state index is 0.0756. The zero-order valence-electron chi connectivity index (χ0n) is 26.6. The van der Waals surface area contributed by atoms with Crippen LogP contribution in [-0.2, 0) is 24.0 Å². The molecule has 3 fully saturated rings. The first-order valence-corrected chi connectivity index (χ1v) is 15.0. The molecule has 6 amide bonds. The molecule has 1 aliphatic heterocycles. The summed E-state index contributed by atoms with van der Waals surface area (Å²) in [5.41, 5.74) is 4.39. The van der Waals surface area contributed by atoms with Gasteiger partial charge in [-0.1, -0.05) is 67.7 Å². The summed E-state index contributed by atoms with van der Waals surface area (Å²) in [6.07, 6.45) is 3.21. The second kappa shape index (κ2) is 12.2. The summed E-state index contributed by atoms with van der Waals surface area (Å²) < 4.78 is 0. The highest BCUT2D eigenvalue weighted by Gasteiger charge is 2.70. The summed E-state index contributed by atoms with van der Waals surface area (Å²) in [5, 5.41) is 8.27. The van der Waals surface area contributed by atoms with Crippen LogP contribution in [0.1, 0.15) is 74.1 Å². The van der Waals surface area contributed by atoms with Crippen LogP contribution in [0.15, 0.2) is 0 Å². The minimum atomic E-state index is -1.10. The van der Waals surface area contributed by atoms with Crippen LogP contribution in [0.3, 0.4) is 0 Å². The number of nitrogens with two attached hydrogens (primary N) is 1. The third-order valence-corrected chi connectivity index (χ3v) is 9.48. The second-order valence-corrected chi connectivity index (χ2v) is 14.6. The van der Waals surface area contributed by atoms with Gasteiger partial charge in [-0.15, -0.1) is 0 Å². The number of Topliss-reactive ketones (excluding diaryl/α,β-unsaturated/α-hetero) is 1. The van der Waals surface area contributed by atoms with E-state index in [0.717, 1.165) is 19.3 Å². The molecule has 1 heterocycles. The number of urea groups is 1. The average Bonchev–Trinajstić information content (AvgIpc) is 3.17. The van der Waals surface area contributed by atoms with E-state index in [1.807, 2.05) is 48.5 Å². The molecular weight excluding hydrogens is 540 g/mol. The van der Waals surface area contributed by atoms with E-state index in [0.29, 0.717) is 13.0 Å². The van der Waals surface area contributed by atoms with Gasteiger partial charge in [-0.25, -0.2) is 4.79 Å². The number of piperidine rings is 1. The summed E-state index contributed by atoms with van der Waals surface area (Å²) >= 11 is 0. The van der Waals surface area contributed by atoms with Gasteiger partial charge < -0.3 is 31.5 Å². The van der Waals surface area contributed by atoms with Crippen molar-refractivity contribution in [2.45, 2.75) is 98.3 Å². The first-order valence-electron chi connectivity index (χ1n) is 15.0. The van der Waals surface area contributed by atoms with Gasteiger partial charge in [0.2, 0.25) is 23.5 Å². The quantitative estimate of drug-likeness (QED) is 0.262. The fourth-order valence-corrected chi connectivity index (χ4v) is 6.46. The van der Waals surface area contributed by atoms with E-state index in [1.165, 1.54) is 9.80 Å². The van der Waals surface area contributed by atoms with E-state index in [4.69, 9.17) is 5.73 Å². The summed E-state index contributed by atoms with van der Waals surface area (Å²) in [6.45, 7) is 13.5. The molecule has 0 radical (unpaired) electrons. The maximum Gasteiger partial charge on any atom is 0.316 e. The van der Waals surface area contributed by atoms with Crippen LogP contribution in [0.5, 0.6) is 0 Å². The Morgan fingerprint density at radius 3 is 2.05 bits per heavy atom. The van der Waals surface area contributed by atoms with Crippen molar-refractivity contribution >= 4 is 35.4 Å². The van der Waals surface area contributed by atoms with E-state index >= 15 is 0 Å². The van der Waals surface area contributed by atoms with Crippen molar-refractivity contribution in [3.05, 3.63) is 0 Å². The van der Waals surface area contributed by atoms with Gasteiger partial charge in [0, 0.05) is 20.6 Å². The first-order chi connectivity index (χ1) is 19.3. The van der Waals surface area contributed by atoms with Crippen LogP contribution in [0.25, 0.3) is 0 Å². The molecule has 2 aliphatic carbocycles. The third kappa shape index (κ3) is 6.89. The molecule has 12 heteroatoms. The van der Waals surface area contributed by atoms with Gasteiger partial charge in [-0.3, -0.25) is 24.0 Å². The van der Waals surface area contributed by atoms with Crippen LogP contribution < -0.4 is 21.7 Å². The molecule has 0 aromatic carbocycles. The lowest BCUT2D eigenvalue weighted by Crippen LogP contribution is -2.62. The molecular formula is C30H50N6O6. The molecule has 2 saturated carbocycles. The van der Waals surface area contributed by atoms with Gasteiger partial charge in [0.1, 0.15) is 18.1 Å². The fourth-order valence-electron chi connectivity index (χ4n) is 6.46. The molecule has 12 nitrogen and oxygen atoms in total. The Hall–Kier alpha value is -3.18. The van der Waals surface area contributed by atoms with E-state index in [9.17, 15) is 28.8 Å². The molecule has 0 bridgehead atoms. The Bertz CT molecular complexity index is 1110. The highest BCUT2D eigenvalue weighted by Crippen LogP contribution is 2.65. The van der Waals surface area contributed by atoms with Crippen molar-refractivity contribution in [1.82, 2.24) is 25.8 Å². The van der Waals surface area contributed by atoms with Crippen LogP contribution in [0, 0.1) is 34.5 Å². The van der Waals surface area contributed by atoms with Crippen molar-refractivity contribution in [3.63, 3.8) is 0 Å². The summed E-state index contributed by atoms with van der Waals surface area (Å²) in [7, 11) is 3.22. The largest absolute Gasteiger partial charge is 0.363 e. The highest BCUT2D eigenvalue weighted by atomic mass is 16.2. The number of likely N-dealkylation sites (N-methyl/N-ethyl adjacent to an activating group) is 1. The predicted octanol–water partition coefficient (Wildman–Crippen LogP) is 1.03. The van der Waals surface area contributed by atoms with Crippen LogP contribution in [0.4, 0.5) is 4.79 Å². The molecule has 42 heavy (non-hydrogen) atoms. The topological polar surface area (TPSA) is 171 Å². The lowest BCUT2D eigenvalue weighted by atomic mass is 9.80. The van der Waals surface area contributed by atoms with E-state index in [-0.39, 0.29) is 35.0 Å². The van der Waals surface area contributed by atoms with Crippen LogP contribution in [0.2, 0.25) is 0 Å². The zero-order chi connectivity index (χ0) is 31.9. The van der Waals surface area contributed by atoms with Gasteiger partial charge in [0.05, 0.1) is 6.04 Å². The number of likely N-dealkylation sites (tertiary alicyclic amines) is 1. The van der Waals surface area contributed by atoms with Gasteiger partial charge >= 0.3 is 6.03 Å². The van der Waals surface area contributed by atoms with Crippen molar-refractivity contribution < 1.29 is 28.8 Å². The maximum absolute atomic E-state index is 14.1. The number of fused-ring (bicyclic) bond motifs is 1.